The van der Waals surface area contributed by atoms with E-state index in [2.05, 4.69) is 17.4 Å². The number of nitrogens with zero attached hydrogens (tertiary/aromatic N) is 1. The molecule has 0 aromatic heterocycles. The second kappa shape index (κ2) is 11.1. The van der Waals surface area contributed by atoms with E-state index in [9.17, 15) is 4.79 Å². The molecule has 0 unspecified atom stereocenters. The standard InChI is InChI=1S/C21H23ClN2O3/c1-2-26-19-15-17(9-12-24-20(25)8-11-23)14-18(22)21(19)27-13-10-16-6-4-3-5-7-16/h3-7,14-15H,2,8-10,12-13H2,1H3,(H,24,25). The molecule has 1 N–H and O–H groups in total. The molecule has 0 saturated carbocycles. The fourth-order valence-electron chi connectivity index (χ4n) is 2.56. The summed E-state index contributed by atoms with van der Waals surface area (Å²) < 4.78 is 11.6. The first-order chi connectivity index (χ1) is 13.1. The Morgan fingerprint density at radius 1 is 1.15 bits per heavy atom. The summed E-state index contributed by atoms with van der Waals surface area (Å²) in [5.74, 6) is 0.845. The molecule has 2 aromatic rings. The SMILES string of the molecule is CCOc1cc(CCNC(=O)CC#N)cc(Cl)c1OCCc1ccccc1. The molecular formula is C21H23ClN2O3. The van der Waals surface area contributed by atoms with Crippen molar-refractivity contribution < 1.29 is 14.3 Å². The van der Waals surface area contributed by atoms with Crippen molar-refractivity contribution in [1.29, 1.82) is 5.26 Å². The number of carbonyl (C=O) groups excluding carboxylic acids is 1. The quantitative estimate of drug-likeness (QED) is 0.671. The van der Waals surface area contributed by atoms with E-state index < -0.39 is 0 Å². The van der Waals surface area contributed by atoms with Gasteiger partial charge in [0.05, 0.1) is 24.3 Å². The molecule has 2 aromatic carbocycles. The van der Waals surface area contributed by atoms with E-state index >= 15 is 0 Å². The summed E-state index contributed by atoms with van der Waals surface area (Å²) >= 11 is 6.41. The van der Waals surface area contributed by atoms with Crippen LogP contribution in [0.5, 0.6) is 11.5 Å². The topological polar surface area (TPSA) is 71.3 Å². The van der Waals surface area contributed by atoms with E-state index in [-0.39, 0.29) is 12.3 Å². The lowest BCUT2D eigenvalue weighted by atomic mass is 10.1. The summed E-state index contributed by atoms with van der Waals surface area (Å²) in [6, 6.07) is 15.6. The lowest BCUT2D eigenvalue weighted by Gasteiger charge is -2.15. The second-order valence-electron chi connectivity index (χ2n) is 5.86. The van der Waals surface area contributed by atoms with Gasteiger partial charge in [-0.2, -0.15) is 5.26 Å². The van der Waals surface area contributed by atoms with Gasteiger partial charge in [-0.05, 0) is 36.6 Å². The molecule has 0 aliphatic rings. The summed E-state index contributed by atoms with van der Waals surface area (Å²) in [5, 5.41) is 11.7. The molecule has 0 heterocycles. The lowest BCUT2D eigenvalue weighted by Crippen LogP contribution is -2.24. The van der Waals surface area contributed by atoms with Gasteiger partial charge in [-0.25, -0.2) is 0 Å². The second-order valence-corrected chi connectivity index (χ2v) is 6.26. The van der Waals surface area contributed by atoms with Crippen molar-refractivity contribution in [2.45, 2.75) is 26.2 Å². The largest absolute Gasteiger partial charge is 0.490 e. The van der Waals surface area contributed by atoms with Gasteiger partial charge in [0, 0.05) is 13.0 Å². The van der Waals surface area contributed by atoms with Crippen molar-refractivity contribution in [3.05, 3.63) is 58.6 Å². The number of amides is 1. The molecule has 1 amide bonds. The third kappa shape index (κ3) is 6.84. The zero-order valence-corrected chi connectivity index (χ0v) is 16.1. The molecule has 0 aliphatic heterocycles. The number of nitriles is 1. The molecule has 0 fully saturated rings. The van der Waals surface area contributed by atoms with Crippen molar-refractivity contribution in [1.82, 2.24) is 5.32 Å². The Kier molecular flexibility index (Phi) is 8.47. The molecule has 0 aliphatic carbocycles. The van der Waals surface area contributed by atoms with Crippen molar-refractivity contribution in [2.75, 3.05) is 19.8 Å². The predicted molar refractivity (Wildman–Crippen MR) is 105 cm³/mol. The van der Waals surface area contributed by atoms with Crippen LogP contribution in [0.25, 0.3) is 0 Å². The smallest absolute Gasteiger partial charge is 0.234 e. The maximum absolute atomic E-state index is 11.4. The van der Waals surface area contributed by atoms with Crippen LogP contribution >= 0.6 is 11.6 Å². The van der Waals surface area contributed by atoms with Gasteiger partial charge in [0.2, 0.25) is 5.91 Å². The van der Waals surface area contributed by atoms with Gasteiger partial charge in [0.25, 0.3) is 0 Å². The van der Waals surface area contributed by atoms with Gasteiger partial charge in [-0.15, -0.1) is 0 Å². The Labute approximate surface area is 164 Å². The van der Waals surface area contributed by atoms with E-state index in [1.165, 1.54) is 5.56 Å². The van der Waals surface area contributed by atoms with Crippen molar-refractivity contribution >= 4 is 17.5 Å². The van der Waals surface area contributed by atoms with Gasteiger partial charge in [-0.3, -0.25) is 4.79 Å². The monoisotopic (exact) mass is 386 g/mol. The molecule has 0 spiro atoms. The third-order valence-corrected chi connectivity index (χ3v) is 4.11. The number of hydrogen-bond donors (Lipinski definition) is 1. The summed E-state index contributed by atoms with van der Waals surface area (Å²) in [6.07, 6.45) is 1.22. The Morgan fingerprint density at radius 3 is 2.63 bits per heavy atom. The number of carbonyl (C=O) groups is 1. The van der Waals surface area contributed by atoms with Crippen LogP contribution in [0.4, 0.5) is 0 Å². The molecule has 0 atom stereocenters. The van der Waals surface area contributed by atoms with Gasteiger partial charge in [0.1, 0.15) is 6.42 Å². The van der Waals surface area contributed by atoms with E-state index in [1.54, 1.807) is 0 Å². The summed E-state index contributed by atoms with van der Waals surface area (Å²) in [4.78, 5) is 11.4. The zero-order chi connectivity index (χ0) is 19.5. The average molecular weight is 387 g/mol. The number of benzene rings is 2. The molecule has 0 saturated heterocycles. The summed E-state index contributed by atoms with van der Waals surface area (Å²) in [7, 11) is 0. The fraction of sp³-hybridized carbons (Fsp3) is 0.333. The van der Waals surface area contributed by atoms with Crippen LogP contribution < -0.4 is 14.8 Å². The molecule has 142 valence electrons. The number of hydrogen-bond acceptors (Lipinski definition) is 4. The molecular weight excluding hydrogens is 364 g/mol. The number of ether oxygens (including phenoxy) is 2. The Balaban J connectivity index is 1.99. The van der Waals surface area contributed by atoms with E-state index in [1.807, 2.05) is 43.3 Å². The number of halogens is 1. The van der Waals surface area contributed by atoms with Gasteiger partial charge in [0.15, 0.2) is 11.5 Å². The minimum atomic E-state index is -0.283. The van der Waals surface area contributed by atoms with Gasteiger partial charge in [-0.1, -0.05) is 41.9 Å². The first kappa shape index (κ1) is 20.6. The highest BCUT2D eigenvalue weighted by molar-refractivity contribution is 6.32. The highest BCUT2D eigenvalue weighted by Gasteiger charge is 2.13. The van der Waals surface area contributed by atoms with Crippen LogP contribution in [-0.2, 0) is 17.6 Å². The van der Waals surface area contributed by atoms with Gasteiger partial charge < -0.3 is 14.8 Å². The predicted octanol–water partition coefficient (Wildman–Crippen LogP) is 3.93. The maximum atomic E-state index is 11.4. The molecule has 27 heavy (non-hydrogen) atoms. The summed E-state index contributed by atoms with van der Waals surface area (Å²) in [5.41, 5.74) is 2.12. The van der Waals surface area contributed by atoms with E-state index in [4.69, 9.17) is 26.3 Å². The van der Waals surface area contributed by atoms with E-state index in [0.717, 1.165) is 12.0 Å². The van der Waals surface area contributed by atoms with Crippen LogP contribution in [0.15, 0.2) is 42.5 Å². The highest BCUT2D eigenvalue weighted by atomic mass is 35.5. The van der Waals surface area contributed by atoms with E-state index in [0.29, 0.717) is 42.7 Å². The first-order valence-electron chi connectivity index (χ1n) is 8.89. The van der Waals surface area contributed by atoms with Crippen molar-refractivity contribution in [3.63, 3.8) is 0 Å². The van der Waals surface area contributed by atoms with Crippen LogP contribution in [0.2, 0.25) is 5.02 Å². The Hall–Kier alpha value is -2.71. The van der Waals surface area contributed by atoms with Gasteiger partial charge >= 0.3 is 0 Å². The minimum absolute atomic E-state index is 0.140. The highest BCUT2D eigenvalue weighted by Crippen LogP contribution is 2.37. The Morgan fingerprint density at radius 2 is 1.93 bits per heavy atom. The first-order valence-corrected chi connectivity index (χ1v) is 9.27. The molecule has 2 rings (SSSR count). The molecule has 0 radical (unpaired) electrons. The molecule has 5 nitrogen and oxygen atoms in total. The Bertz CT molecular complexity index is 788. The average Bonchev–Trinajstić information content (AvgIpc) is 2.65. The van der Waals surface area contributed by atoms with Crippen LogP contribution in [0, 0.1) is 11.3 Å². The van der Waals surface area contributed by atoms with Crippen molar-refractivity contribution in [2.24, 2.45) is 0 Å². The minimum Gasteiger partial charge on any atom is -0.490 e. The van der Waals surface area contributed by atoms with Crippen molar-refractivity contribution in [3.8, 4) is 17.6 Å². The van der Waals surface area contributed by atoms with Crippen LogP contribution in [-0.4, -0.2) is 25.7 Å². The fourth-order valence-corrected chi connectivity index (χ4v) is 2.85. The third-order valence-electron chi connectivity index (χ3n) is 3.82. The molecule has 0 bridgehead atoms. The number of rotatable bonds is 10. The lowest BCUT2D eigenvalue weighted by molar-refractivity contribution is -0.120. The maximum Gasteiger partial charge on any atom is 0.234 e. The number of nitrogens with one attached hydrogen (secondary N) is 1. The normalized spacial score (nSPS) is 10.1. The van der Waals surface area contributed by atoms with Crippen LogP contribution in [0.1, 0.15) is 24.5 Å². The molecule has 6 heteroatoms. The summed E-state index contributed by atoms with van der Waals surface area (Å²) in [6.45, 7) is 3.31. The zero-order valence-electron chi connectivity index (χ0n) is 15.3. The van der Waals surface area contributed by atoms with Crippen LogP contribution in [0.3, 0.4) is 0 Å².